The molecular formula is C21H17N2O+. The molecule has 2 aromatic carbocycles. The molecule has 3 heteroatoms. The van der Waals surface area contributed by atoms with E-state index in [2.05, 4.69) is 77.8 Å². The third-order valence-electron chi connectivity index (χ3n) is 4.85. The molecule has 3 heterocycles. The molecule has 0 unspecified atom stereocenters. The Morgan fingerprint density at radius 2 is 1.75 bits per heavy atom. The SMILES string of the molecule is Cc1cc2oc3ccccc3c2cc1-c1ccn2cccc2[n+]1C. The van der Waals surface area contributed by atoms with E-state index in [1.807, 2.05) is 12.1 Å². The van der Waals surface area contributed by atoms with Gasteiger partial charge < -0.3 is 4.42 Å². The van der Waals surface area contributed by atoms with Gasteiger partial charge in [-0.2, -0.15) is 0 Å². The van der Waals surface area contributed by atoms with Crippen molar-refractivity contribution in [2.45, 2.75) is 6.92 Å². The molecule has 0 amide bonds. The van der Waals surface area contributed by atoms with E-state index in [0.717, 1.165) is 11.2 Å². The van der Waals surface area contributed by atoms with E-state index in [1.165, 1.54) is 33.2 Å². The normalized spacial score (nSPS) is 11.8. The lowest BCUT2D eigenvalue weighted by Crippen LogP contribution is -2.33. The van der Waals surface area contributed by atoms with Crippen LogP contribution in [0.3, 0.4) is 0 Å². The number of aryl methyl sites for hydroxylation is 2. The number of nitrogens with zero attached hydrogens (tertiary/aromatic N) is 2. The van der Waals surface area contributed by atoms with Crippen molar-refractivity contribution in [3.63, 3.8) is 0 Å². The summed E-state index contributed by atoms with van der Waals surface area (Å²) in [4.78, 5) is 0. The molecule has 3 aromatic heterocycles. The number of aromatic nitrogens is 2. The van der Waals surface area contributed by atoms with Gasteiger partial charge in [0.05, 0.1) is 13.2 Å². The van der Waals surface area contributed by atoms with Crippen molar-refractivity contribution < 1.29 is 8.98 Å². The summed E-state index contributed by atoms with van der Waals surface area (Å²) < 4.78 is 10.4. The summed E-state index contributed by atoms with van der Waals surface area (Å²) in [6.07, 6.45) is 4.18. The first-order chi connectivity index (χ1) is 11.7. The molecule has 0 saturated heterocycles. The van der Waals surface area contributed by atoms with E-state index in [9.17, 15) is 0 Å². The Hall–Kier alpha value is -3.07. The van der Waals surface area contributed by atoms with Gasteiger partial charge in [0.1, 0.15) is 23.1 Å². The largest absolute Gasteiger partial charge is 0.456 e. The van der Waals surface area contributed by atoms with E-state index < -0.39 is 0 Å². The molecule has 0 aliphatic rings. The molecule has 0 atom stereocenters. The highest BCUT2D eigenvalue weighted by Crippen LogP contribution is 2.33. The summed E-state index contributed by atoms with van der Waals surface area (Å²) in [7, 11) is 2.11. The van der Waals surface area contributed by atoms with Gasteiger partial charge in [0.2, 0.25) is 0 Å². The van der Waals surface area contributed by atoms with Crippen molar-refractivity contribution in [3.05, 3.63) is 72.6 Å². The molecule has 0 spiro atoms. The fourth-order valence-corrected chi connectivity index (χ4v) is 3.60. The Morgan fingerprint density at radius 1 is 0.875 bits per heavy atom. The third kappa shape index (κ3) is 1.75. The number of benzene rings is 2. The van der Waals surface area contributed by atoms with Gasteiger partial charge in [0.15, 0.2) is 0 Å². The van der Waals surface area contributed by atoms with Crippen molar-refractivity contribution >= 4 is 27.6 Å². The first-order valence-electron chi connectivity index (χ1n) is 8.10. The van der Waals surface area contributed by atoms with Gasteiger partial charge in [-0.05, 0) is 36.8 Å². The average molecular weight is 313 g/mol. The van der Waals surface area contributed by atoms with Crippen LogP contribution in [0.4, 0.5) is 0 Å². The lowest BCUT2D eigenvalue weighted by atomic mass is 10.0. The highest BCUT2D eigenvalue weighted by atomic mass is 16.3. The van der Waals surface area contributed by atoms with Crippen LogP contribution in [0.15, 0.2) is 71.4 Å². The zero-order chi connectivity index (χ0) is 16.3. The maximum absolute atomic E-state index is 6.00. The lowest BCUT2D eigenvalue weighted by molar-refractivity contribution is -0.637. The van der Waals surface area contributed by atoms with Crippen LogP contribution in [0.25, 0.3) is 38.8 Å². The maximum Gasteiger partial charge on any atom is 0.286 e. The Morgan fingerprint density at radius 3 is 2.67 bits per heavy atom. The summed E-state index contributed by atoms with van der Waals surface area (Å²) >= 11 is 0. The van der Waals surface area contributed by atoms with Crippen LogP contribution in [-0.4, -0.2) is 4.40 Å². The quantitative estimate of drug-likeness (QED) is 0.413. The highest BCUT2D eigenvalue weighted by Gasteiger charge is 2.16. The minimum Gasteiger partial charge on any atom is -0.456 e. The Labute approximate surface area is 139 Å². The second-order valence-corrected chi connectivity index (χ2v) is 6.30. The van der Waals surface area contributed by atoms with Crippen LogP contribution in [0, 0.1) is 6.92 Å². The van der Waals surface area contributed by atoms with E-state index in [1.54, 1.807) is 0 Å². The predicted molar refractivity (Wildman–Crippen MR) is 96.0 cm³/mol. The first kappa shape index (κ1) is 13.4. The monoisotopic (exact) mass is 313 g/mol. The van der Waals surface area contributed by atoms with Crippen LogP contribution < -0.4 is 4.57 Å². The van der Waals surface area contributed by atoms with Crippen molar-refractivity contribution in [2.24, 2.45) is 7.05 Å². The van der Waals surface area contributed by atoms with Gasteiger partial charge in [-0.25, -0.2) is 8.97 Å². The molecule has 0 bridgehead atoms. The molecule has 3 nitrogen and oxygen atoms in total. The van der Waals surface area contributed by atoms with Crippen molar-refractivity contribution in [3.8, 4) is 11.3 Å². The average Bonchev–Trinajstić information content (AvgIpc) is 3.19. The van der Waals surface area contributed by atoms with Gasteiger partial charge in [-0.15, -0.1) is 0 Å². The predicted octanol–water partition coefficient (Wildman–Crippen LogP) is 4.64. The van der Waals surface area contributed by atoms with Crippen LogP contribution in [-0.2, 0) is 7.05 Å². The molecule has 0 aliphatic carbocycles. The summed E-state index contributed by atoms with van der Waals surface area (Å²) in [6, 6.07) is 19.0. The molecule has 116 valence electrons. The fourth-order valence-electron chi connectivity index (χ4n) is 3.60. The molecular weight excluding hydrogens is 296 g/mol. The van der Waals surface area contributed by atoms with E-state index in [4.69, 9.17) is 4.42 Å². The molecule has 0 N–H and O–H groups in total. The zero-order valence-electron chi connectivity index (χ0n) is 13.7. The smallest absolute Gasteiger partial charge is 0.286 e. The summed E-state index contributed by atoms with van der Waals surface area (Å²) in [5, 5.41) is 2.33. The fraction of sp³-hybridized carbons (Fsp3) is 0.0952. The van der Waals surface area contributed by atoms with Crippen molar-refractivity contribution in [1.82, 2.24) is 4.40 Å². The molecule has 0 saturated carbocycles. The molecule has 0 radical (unpaired) electrons. The minimum absolute atomic E-state index is 0.940. The first-order valence-corrected chi connectivity index (χ1v) is 8.10. The van der Waals surface area contributed by atoms with Gasteiger partial charge in [0, 0.05) is 28.5 Å². The van der Waals surface area contributed by atoms with Crippen molar-refractivity contribution in [2.75, 3.05) is 0 Å². The molecule has 5 rings (SSSR count). The van der Waals surface area contributed by atoms with Gasteiger partial charge in [0.25, 0.3) is 5.65 Å². The number of fused-ring (bicyclic) bond motifs is 4. The minimum atomic E-state index is 0.940. The maximum atomic E-state index is 6.00. The lowest BCUT2D eigenvalue weighted by Gasteiger charge is -2.08. The Balaban J connectivity index is 1.86. The number of furan rings is 1. The Bertz CT molecular complexity index is 1230. The van der Waals surface area contributed by atoms with Crippen molar-refractivity contribution in [1.29, 1.82) is 0 Å². The zero-order valence-corrected chi connectivity index (χ0v) is 13.7. The molecule has 5 aromatic rings. The molecule has 0 fully saturated rings. The van der Waals surface area contributed by atoms with E-state index in [0.29, 0.717) is 0 Å². The molecule has 24 heavy (non-hydrogen) atoms. The molecule has 0 aliphatic heterocycles. The third-order valence-corrected chi connectivity index (χ3v) is 4.85. The van der Waals surface area contributed by atoms with E-state index >= 15 is 0 Å². The summed E-state index contributed by atoms with van der Waals surface area (Å²) in [6.45, 7) is 2.14. The van der Waals surface area contributed by atoms with Gasteiger partial charge in [-0.3, -0.25) is 0 Å². The van der Waals surface area contributed by atoms with Crippen LogP contribution in [0.2, 0.25) is 0 Å². The summed E-state index contributed by atoms with van der Waals surface area (Å²) in [5.74, 6) is 0. The number of hydrogen-bond donors (Lipinski definition) is 0. The standard InChI is InChI=1S/C21H17N2O/c1-14-12-20-17(15-6-3-4-7-19(15)24-20)13-16(14)18-9-11-23-10-5-8-21(23)22(18)2/h3-13H,1-2H3/q+1. The topological polar surface area (TPSA) is 21.4 Å². The van der Waals surface area contributed by atoms with Crippen LogP contribution >= 0.6 is 0 Å². The van der Waals surface area contributed by atoms with Gasteiger partial charge in [-0.1, -0.05) is 18.2 Å². The second kappa shape index (κ2) is 4.71. The second-order valence-electron chi connectivity index (χ2n) is 6.30. The summed E-state index contributed by atoms with van der Waals surface area (Å²) in [5.41, 5.74) is 6.71. The van der Waals surface area contributed by atoms with E-state index in [-0.39, 0.29) is 0 Å². The number of para-hydroxylation sites is 1. The Kier molecular flexibility index (Phi) is 2.63. The van der Waals surface area contributed by atoms with Crippen LogP contribution in [0.1, 0.15) is 5.56 Å². The van der Waals surface area contributed by atoms with Crippen LogP contribution in [0.5, 0.6) is 0 Å². The van der Waals surface area contributed by atoms with Gasteiger partial charge >= 0.3 is 0 Å². The number of hydrogen-bond acceptors (Lipinski definition) is 1. The highest BCUT2D eigenvalue weighted by molar-refractivity contribution is 6.06. The number of rotatable bonds is 1.